The fourth-order valence-corrected chi connectivity index (χ4v) is 4.77. The number of hydrogen-bond donors (Lipinski definition) is 1. The number of hydrogen-bond acceptors (Lipinski definition) is 3. The number of H-pyrrole nitrogens is 1. The van der Waals surface area contributed by atoms with E-state index in [1.165, 1.54) is 29.5 Å². The first-order chi connectivity index (χ1) is 15.1. The van der Waals surface area contributed by atoms with E-state index >= 15 is 0 Å². The van der Waals surface area contributed by atoms with Gasteiger partial charge >= 0.3 is 0 Å². The molecule has 0 atom stereocenters. The van der Waals surface area contributed by atoms with Gasteiger partial charge in [-0.05, 0) is 67.6 Å². The Morgan fingerprint density at radius 1 is 0.871 bits per heavy atom. The van der Waals surface area contributed by atoms with E-state index in [9.17, 15) is 9.59 Å². The number of amides is 2. The summed E-state index contributed by atoms with van der Waals surface area (Å²) in [6.07, 6.45) is 4.61. The molecule has 1 aliphatic heterocycles. The Labute approximate surface area is 181 Å². The van der Waals surface area contributed by atoms with Gasteiger partial charge in [0.1, 0.15) is 5.75 Å². The number of methoxy groups -OCH3 is 1. The Morgan fingerprint density at radius 2 is 1.55 bits per heavy atom. The highest BCUT2D eigenvalue weighted by atomic mass is 16.5. The van der Waals surface area contributed by atoms with Gasteiger partial charge in [0.25, 0.3) is 11.8 Å². The molecule has 0 bridgehead atoms. The Bertz CT molecular complexity index is 1140. The molecule has 1 aliphatic carbocycles. The second-order valence-electron chi connectivity index (χ2n) is 8.37. The van der Waals surface area contributed by atoms with Crippen molar-refractivity contribution in [1.29, 1.82) is 0 Å². The number of aromatic nitrogens is 1. The van der Waals surface area contributed by atoms with E-state index in [4.69, 9.17) is 4.74 Å². The van der Waals surface area contributed by atoms with Crippen molar-refractivity contribution in [3.05, 3.63) is 64.8 Å². The Morgan fingerprint density at radius 3 is 2.26 bits per heavy atom. The van der Waals surface area contributed by atoms with E-state index in [0.29, 0.717) is 37.5 Å². The second-order valence-corrected chi connectivity index (χ2v) is 8.37. The first kappa shape index (κ1) is 19.7. The number of aromatic amines is 1. The number of carbonyl (C=O) groups excluding carboxylic acids is 2. The van der Waals surface area contributed by atoms with E-state index < -0.39 is 0 Å². The lowest BCUT2D eigenvalue weighted by Crippen LogP contribution is -2.50. The van der Waals surface area contributed by atoms with Gasteiger partial charge in [-0.15, -0.1) is 0 Å². The number of nitrogens with one attached hydrogen (secondary N) is 1. The van der Waals surface area contributed by atoms with Gasteiger partial charge in [0, 0.05) is 53.9 Å². The number of aryl methyl sites for hydroxylation is 2. The molecule has 0 spiro atoms. The second kappa shape index (κ2) is 8.10. The van der Waals surface area contributed by atoms with Crippen molar-refractivity contribution >= 4 is 22.7 Å². The third kappa shape index (κ3) is 3.67. The van der Waals surface area contributed by atoms with E-state index in [-0.39, 0.29) is 11.8 Å². The number of benzene rings is 2. The molecule has 2 aliphatic rings. The summed E-state index contributed by atoms with van der Waals surface area (Å²) in [7, 11) is 1.59. The Balaban J connectivity index is 1.28. The van der Waals surface area contributed by atoms with E-state index in [2.05, 4.69) is 4.98 Å². The zero-order chi connectivity index (χ0) is 21.4. The van der Waals surface area contributed by atoms with E-state index in [1.54, 1.807) is 19.2 Å². The summed E-state index contributed by atoms with van der Waals surface area (Å²) in [6.45, 7) is 2.14. The van der Waals surface area contributed by atoms with Crippen molar-refractivity contribution in [2.24, 2.45) is 0 Å². The maximum absolute atomic E-state index is 13.2. The van der Waals surface area contributed by atoms with Crippen LogP contribution < -0.4 is 4.74 Å². The number of ether oxygens (including phenoxy) is 1. The highest BCUT2D eigenvalue weighted by molar-refractivity contribution is 5.99. The number of rotatable bonds is 3. The SMILES string of the molecule is COc1cccc(C(=O)N2CCN(C(=O)c3ccc4[nH]c5c(c4c3)CCCC5)CC2)c1. The number of fused-ring (bicyclic) bond motifs is 3. The molecule has 2 amide bonds. The summed E-state index contributed by atoms with van der Waals surface area (Å²) in [6, 6.07) is 13.2. The summed E-state index contributed by atoms with van der Waals surface area (Å²) >= 11 is 0. The van der Waals surface area contributed by atoms with Crippen LogP contribution in [-0.2, 0) is 12.8 Å². The normalized spacial score (nSPS) is 16.3. The predicted octanol–water partition coefficient (Wildman–Crippen LogP) is 3.65. The molecule has 1 fully saturated rings. The molecular formula is C25H27N3O3. The minimum atomic E-state index is -0.0219. The van der Waals surface area contributed by atoms with Crippen LogP contribution in [0.25, 0.3) is 10.9 Å². The van der Waals surface area contributed by atoms with Crippen LogP contribution in [0.2, 0.25) is 0 Å². The summed E-state index contributed by atoms with van der Waals surface area (Å²) in [5.74, 6) is 0.689. The number of carbonyl (C=O) groups is 2. The molecule has 31 heavy (non-hydrogen) atoms. The summed E-state index contributed by atoms with van der Waals surface area (Å²) in [5, 5.41) is 1.19. The summed E-state index contributed by atoms with van der Waals surface area (Å²) in [4.78, 5) is 33.2. The van der Waals surface area contributed by atoms with Gasteiger partial charge in [-0.1, -0.05) is 6.07 Å². The lowest BCUT2D eigenvalue weighted by molar-refractivity contribution is 0.0535. The highest BCUT2D eigenvalue weighted by Gasteiger charge is 2.26. The zero-order valence-corrected chi connectivity index (χ0v) is 17.8. The molecule has 5 rings (SSSR count). The monoisotopic (exact) mass is 417 g/mol. The molecule has 0 radical (unpaired) electrons. The minimum absolute atomic E-state index is 0.0219. The molecular weight excluding hydrogens is 390 g/mol. The highest BCUT2D eigenvalue weighted by Crippen LogP contribution is 2.30. The van der Waals surface area contributed by atoms with Gasteiger partial charge in [-0.25, -0.2) is 0 Å². The van der Waals surface area contributed by atoms with Crippen molar-refractivity contribution in [1.82, 2.24) is 14.8 Å². The molecule has 160 valence electrons. The Hall–Kier alpha value is -3.28. The third-order valence-electron chi connectivity index (χ3n) is 6.52. The largest absolute Gasteiger partial charge is 0.497 e. The van der Waals surface area contributed by atoms with Crippen molar-refractivity contribution in [2.75, 3.05) is 33.3 Å². The molecule has 1 aromatic heterocycles. The number of nitrogens with zero attached hydrogens (tertiary/aromatic N) is 2. The van der Waals surface area contributed by atoms with Gasteiger partial charge in [0.15, 0.2) is 0 Å². The average Bonchev–Trinajstić information content (AvgIpc) is 3.21. The fourth-order valence-electron chi connectivity index (χ4n) is 4.77. The molecule has 1 N–H and O–H groups in total. The van der Waals surface area contributed by atoms with E-state index in [0.717, 1.165) is 23.9 Å². The fraction of sp³-hybridized carbons (Fsp3) is 0.360. The van der Waals surface area contributed by atoms with Gasteiger partial charge in [-0.3, -0.25) is 9.59 Å². The van der Waals surface area contributed by atoms with Crippen molar-refractivity contribution in [3.8, 4) is 5.75 Å². The molecule has 0 unspecified atom stereocenters. The Kier molecular flexibility index (Phi) is 5.14. The third-order valence-corrected chi connectivity index (χ3v) is 6.52. The number of piperazine rings is 1. The van der Waals surface area contributed by atoms with Gasteiger partial charge in [-0.2, -0.15) is 0 Å². The van der Waals surface area contributed by atoms with E-state index in [1.807, 2.05) is 40.1 Å². The molecule has 6 heteroatoms. The maximum atomic E-state index is 13.2. The maximum Gasteiger partial charge on any atom is 0.254 e. The molecule has 2 heterocycles. The molecule has 3 aromatic rings. The van der Waals surface area contributed by atoms with Gasteiger partial charge < -0.3 is 19.5 Å². The van der Waals surface area contributed by atoms with Crippen molar-refractivity contribution in [2.45, 2.75) is 25.7 Å². The topological polar surface area (TPSA) is 65.6 Å². The first-order valence-electron chi connectivity index (χ1n) is 11.0. The molecule has 6 nitrogen and oxygen atoms in total. The predicted molar refractivity (Wildman–Crippen MR) is 120 cm³/mol. The zero-order valence-electron chi connectivity index (χ0n) is 17.8. The van der Waals surface area contributed by atoms with Crippen LogP contribution in [0.5, 0.6) is 5.75 Å². The standard InChI is InChI=1S/C25H27N3O3/c1-31-19-6-4-5-17(15-19)24(29)27-11-13-28(14-12-27)25(30)18-9-10-23-21(16-18)20-7-2-3-8-22(20)26-23/h4-6,9-10,15-16,26H,2-3,7-8,11-14H2,1H3. The van der Waals surface area contributed by atoms with Crippen LogP contribution >= 0.6 is 0 Å². The summed E-state index contributed by atoms with van der Waals surface area (Å²) < 4.78 is 5.22. The lowest BCUT2D eigenvalue weighted by atomic mass is 9.95. The first-order valence-corrected chi connectivity index (χ1v) is 11.0. The lowest BCUT2D eigenvalue weighted by Gasteiger charge is -2.35. The quantitative estimate of drug-likeness (QED) is 0.707. The average molecular weight is 418 g/mol. The van der Waals surface area contributed by atoms with Gasteiger partial charge in [0.2, 0.25) is 0 Å². The molecule has 0 saturated carbocycles. The van der Waals surface area contributed by atoms with Crippen LogP contribution in [0.4, 0.5) is 0 Å². The van der Waals surface area contributed by atoms with Crippen LogP contribution in [0, 0.1) is 0 Å². The van der Waals surface area contributed by atoms with Crippen molar-refractivity contribution in [3.63, 3.8) is 0 Å². The smallest absolute Gasteiger partial charge is 0.254 e. The van der Waals surface area contributed by atoms with Crippen LogP contribution in [0.1, 0.15) is 44.8 Å². The minimum Gasteiger partial charge on any atom is -0.497 e. The molecule has 1 saturated heterocycles. The van der Waals surface area contributed by atoms with Crippen LogP contribution in [0.15, 0.2) is 42.5 Å². The van der Waals surface area contributed by atoms with Crippen LogP contribution in [0.3, 0.4) is 0 Å². The summed E-state index contributed by atoms with van der Waals surface area (Å²) in [5.41, 5.74) is 5.17. The van der Waals surface area contributed by atoms with Crippen molar-refractivity contribution < 1.29 is 14.3 Å². The molecule has 2 aromatic carbocycles. The van der Waals surface area contributed by atoms with Crippen LogP contribution in [-0.4, -0.2) is 59.9 Å². The van der Waals surface area contributed by atoms with Gasteiger partial charge in [0.05, 0.1) is 7.11 Å².